The predicted molar refractivity (Wildman–Crippen MR) is 74.2 cm³/mol. The van der Waals surface area contributed by atoms with Crippen molar-refractivity contribution < 1.29 is 19.5 Å². The Hall–Kier alpha value is 0.153. The van der Waals surface area contributed by atoms with E-state index in [1.807, 2.05) is 18.2 Å². The number of nitrogens with zero attached hydrogens (tertiary/aromatic N) is 3. The minimum atomic E-state index is 0. The van der Waals surface area contributed by atoms with Crippen LogP contribution in [0.15, 0.2) is 30.3 Å². The summed E-state index contributed by atoms with van der Waals surface area (Å²) in [5.74, 6) is 0. The molecule has 0 atom stereocenters. The zero-order valence-corrected chi connectivity index (χ0v) is 13.6. The van der Waals surface area contributed by atoms with Gasteiger partial charge in [-0.25, -0.2) is 14.7 Å². The molecule has 3 nitrogen and oxygen atoms in total. The van der Waals surface area contributed by atoms with Crippen LogP contribution >= 0.6 is 7.92 Å². The third-order valence-corrected chi connectivity index (χ3v) is 6.17. The van der Waals surface area contributed by atoms with E-state index in [0.717, 1.165) is 0 Å². The molecule has 4 aliphatic heterocycles. The fourth-order valence-electron chi connectivity index (χ4n) is 2.92. The van der Waals surface area contributed by atoms with Crippen molar-refractivity contribution in [1.29, 1.82) is 0 Å². The zero-order valence-electron chi connectivity index (χ0n) is 10.8. The Bertz CT molecular complexity index is 317. The van der Waals surface area contributed by atoms with Gasteiger partial charge in [-0.1, -0.05) is 35.9 Å². The molecular weight excluding hydrogens is 330 g/mol. The Labute approximate surface area is 124 Å². The van der Waals surface area contributed by atoms with E-state index in [9.17, 15) is 0 Å². The molecule has 4 heterocycles. The normalized spacial score (nSPS) is 35.4. The minimum Gasteiger partial charge on any atom is -0.245 e. The smallest absolute Gasteiger partial charge is 0.245 e. The topological polar surface area (TPSA) is 9.72 Å². The van der Waals surface area contributed by atoms with E-state index in [1.165, 1.54) is 44.4 Å². The van der Waals surface area contributed by atoms with Crippen LogP contribution in [0.3, 0.4) is 0 Å². The Morgan fingerprint density at radius 2 is 1.28 bits per heavy atom. The van der Waals surface area contributed by atoms with Crippen molar-refractivity contribution >= 4 is 7.92 Å². The van der Waals surface area contributed by atoms with Crippen molar-refractivity contribution in [2.75, 3.05) is 38.9 Å². The van der Waals surface area contributed by atoms with Gasteiger partial charge in [-0.15, -0.1) is 0 Å². The molecule has 94 valence electrons. The van der Waals surface area contributed by atoms with Crippen LogP contribution in [0.2, 0.25) is 0 Å². The van der Waals surface area contributed by atoms with Crippen LogP contribution in [0.4, 0.5) is 0 Å². The number of rotatable bonds is 0. The summed E-state index contributed by atoms with van der Waals surface area (Å²) in [5, 5.41) is 0. The summed E-state index contributed by atoms with van der Waals surface area (Å²) in [5.41, 5.74) is 1.32. The van der Waals surface area contributed by atoms with Gasteiger partial charge in [-0.05, 0) is 6.92 Å². The van der Waals surface area contributed by atoms with E-state index < -0.39 is 0 Å². The molecule has 0 amide bonds. The Morgan fingerprint density at radius 3 is 1.56 bits per heavy atom. The van der Waals surface area contributed by atoms with Gasteiger partial charge in [-0.2, -0.15) is 0 Å². The van der Waals surface area contributed by atoms with Crippen molar-refractivity contribution in [3.8, 4) is 0 Å². The first-order valence-corrected chi connectivity index (χ1v) is 8.44. The molecule has 5 heteroatoms. The van der Waals surface area contributed by atoms with E-state index in [2.05, 4.69) is 33.8 Å². The molecule has 4 aliphatic rings. The Balaban J connectivity index is 0.000000135. The van der Waals surface area contributed by atoms with Crippen LogP contribution in [-0.2, 0) is 19.5 Å². The molecule has 5 rings (SSSR count). The van der Waals surface area contributed by atoms with Gasteiger partial charge in [0.05, 0.1) is 20.0 Å². The molecule has 0 radical (unpaired) electrons. The van der Waals surface area contributed by atoms with Crippen LogP contribution in [0, 0.1) is 6.92 Å². The minimum absolute atomic E-state index is 0. The van der Waals surface area contributed by atoms with Crippen molar-refractivity contribution in [3.05, 3.63) is 35.9 Å². The summed E-state index contributed by atoms with van der Waals surface area (Å²) < 4.78 is 0. The van der Waals surface area contributed by atoms with Gasteiger partial charge in [0.25, 0.3) is 0 Å². The monoisotopic (exact) mass is 352 g/mol. The second-order valence-corrected chi connectivity index (χ2v) is 7.76. The second-order valence-electron chi connectivity index (χ2n) is 5.32. The third kappa shape index (κ3) is 3.59. The average molecular weight is 351 g/mol. The molecule has 1 aromatic rings. The van der Waals surface area contributed by atoms with Gasteiger partial charge >= 0.3 is 19.5 Å². The van der Waals surface area contributed by atoms with Crippen molar-refractivity contribution in [2.24, 2.45) is 0 Å². The largest absolute Gasteiger partial charge is 6.00 e. The van der Waals surface area contributed by atoms with Gasteiger partial charge in [0.2, 0.25) is 0 Å². The summed E-state index contributed by atoms with van der Waals surface area (Å²) in [7, 11) is 0.0297. The number of benzene rings is 1. The Kier molecular flexibility index (Phi) is 5.29. The van der Waals surface area contributed by atoms with E-state index in [-0.39, 0.29) is 27.4 Å². The number of hydrogen-bond acceptors (Lipinski definition) is 3. The molecule has 0 unspecified atom stereocenters. The van der Waals surface area contributed by atoms with Gasteiger partial charge in [0, 0.05) is 7.92 Å². The van der Waals surface area contributed by atoms with Crippen LogP contribution in [0.5, 0.6) is 0 Å². The first-order chi connectivity index (χ1) is 8.29. The summed E-state index contributed by atoms with van der Waals surface area (Å²) in [6.07, 6.45) is 4.37. The van der Waals surface area contributed by atoms with Gasteiger partial charge in [-0.3, -0.25) is 0 Å². The van der Waals surface area contributed by atoms with E-state index in [4.69, 9.17) is 0 Å². The molecule has 0 saturated carbocycles. The summed E-state index contributed by atoms with van der Waals surface area (Å²) in [6.45, 7) is 5.85. The van der Waals surface area contributed by atoms with Crippen LogP contribution < -0.4 is 0 Å². The molecule has 0 N–H and O–H groups in total. The van der Waals surface area contributed by atoms with Gasteiger partial charge in [0.15, 0.2) is 0 Å². The van der Waals surface area contributed by atoms with Crippen LogP contribution in [0.25, 0.3) is 0 Å². The van der Waals surface area contributed by atoms with Crippen LogP contribution in [0.1, 0.15) is 5.56 Å². The molecule has 0 aliphatic carbocycles. The maximum atomic E-state index is 2.59. The zero-order chi connectivity index (χ0) is 11.7. The van der Waals surface area contributed by atoms with Gasteiger partial charge in [0.1, 0.15) is 18.9 Å². The second kappa shape index (κ2) is 6.54. The molecule has 1 aromatic carbocycles. The SMILES string of the molecule is C1N2CN3CN1C[PH+](C2)C3.Cc1ccccc1.[Ru+6]. The fourth-order valence-corrected chi connectivity index (χ4v) is 5.71. The number of hydrogen-bond donors (Lipinski definition) is 0. The van der Waals surface area contributed by atoms with Crippen LogP contribution in [-0.4, -0.2) is 53.6 Å². The molecule has 0 spiro atoms. The molecule has 4 bridgehead atoms. The summed E-state index contributed by atoms with van der Waals surface area (Å²) in [4.78, 5) is 7.76. The predicted octanol–water partition coefficient (Wildman–Crippen LogP) is 1.88. The van der Waals surface area contributed by atoms with Gasteiger partial charge < -0.3 is 0 Å². The molecule has 18 heavy (non-hydrogen) atoms. The first kappa shape index (κ1) is 14.6. The third-order valence-electron chi connectivity index (χ3n) is 3.48. The number of aryl methyl sites for hydroxylation is 1. The maximum absolute atomic E-state index is 2.59. The molecule has 0 aromatic heterocycles. The molecular formula is C13H21N3PRu+7. The fraction of sp³-hybridized carbons (Fsp3) is 0.538. The van der Waals surface area contributed by atoms with E-state index >= 15 is 0 Å². The summed E-state index contributed by atoms with van der Waals surface area (Å²) in [6, 6.07) is 10.3. The van der Waals surface area contributed by atoms with Crippen molar-refractivity contribution in [2.45, 2.75) is 6.92 Å². The van der Waals surface area contributed by atoms with Crippen molar-refractivity contribution in [3.63, 3.8) is 0 Å². The molecule has 4 fully saturated rings. The molecule has 4 saturated heterocycles. The van der Waals surface area contributed by atoms with Crippen molar-refractivity contribution in [1.82, 2.24) is 14.7 Å². The summed E-state index contributed by atoms with van der Waals surface area (Å²) >= 11 is 0. The first-order valence-electron chi connectivity index (χ1n) is 6.32. The maximum Gasteiger partial charge on any atom is 6.00 e. The quantitative estimate of drug-likeness (QED) is 0.522. The standard InChI is InChI=1S/C7H8.C6H12N3P.Ru/c1-7-5-3-2-4-6-7;1-7-2-9-3-8(1)5-10(4-7)6-9;/h2-6H,1H3;1-6H2;/q;;+6/p+1. The van der Waals surface area contributed by atoms with E-state index in [1.54, 1.807) is 0 Å². The average Bonchev–Trinajstić information content (AvgIpc) is 2.28. The Morgan fingerprint density at radius 1 is 0.833 bits per heavy atom. The van der Waals surface area contributed by atoms with E-state index in [0.29, 0.717) is 0 Å².